The van der Waals surface area contributed by atoms with Gasteiger partial charge >= 0.3 is 6.18 Å². The molecule has 0 radical (unpaired) electrons. The highest BCUT2D eigenvalue weighted by atomic mass is 32.2. The molecule has 0 spiro atoms. The number of nitrogens with one attached hydrogen (secondary N) is 3. The molecule has 0 aliphatic heterocycles. The van der Waals surface area contributed by atoms with E-state index >= 15 is 0 Å². The van der Waals surface area contributed by atoms with Crippen molar-refractivity contribution >= 4 is 21.6 Å². The molecule has 0 fully saturated rings. The molecule has 0 heterocycles. The molecule has 0 bridgehead atoms. The molecule has 13 heteroatoms. The number of amides is 1. The summed E-state index contributed by atoms with van der Waals surface area (Å²) in [6.45, 7) is 8.37. The van der Waals surface area contributed by atoms with Crippen LogP contribution in [0.5, 0.6) is 0 Å². The van der Waals surface area contributed by atoms with E-state index < -0.39 is 49.2 Å². The molecule has 1 amide bonds. The van der Waals surface area contributed by atoms with Crippen molar-refractivity contribution in [2.75, 3.05) is 0 Å². The Kier molecular flexibility index (Phi) is 9.08. The molecule has 0 aromatic heterocycles. The van der Waals surface area contributed by atoms with Crippen LogP contribution in [-0.2, 0) is 34.0 Å². The van der Waals surface area contributed by atoms with Gasteiger partial charge in [0.25, 0.3) is 5.69 Å². The summed E-state index contributed by atoms with van der Waals surface area (Å²) in [6.07, 6.45) is -2.68. The van der Waals surface area contributed by atoms with E-state index in [-0.39, 0.29) is 24.1 Å². The number of carbonyl (C=O) groups is 1. The average Bonchev–Trinajstić information content (AvgIpc) is 2.80. The van der Waals surface area contributed by atoms with Crippen molar-refractivity contribution in [2.24, 2.45) is 0 Å². The molecule has 2 aromatic rings. The highest BCUT2D eigenvalue weighted by Gasteiger charge is 2.36. The molecule has 1 aliphatic carbocycles. The van der Waals surface area contributed by atoms with Crippen LogP contribution < -0.4 is 15.4 Å². The number of nitro groups is 1. The fourth-order valence-corrected chi connectivity index (χ4v) is 5.86. The lowest BCUT2D eigenvalue weighted by molar-refractivity contribution is -0.388. The van der Waals surface area contributed by atoms with Gasteiger partial charge < -0.3 is 10.6 Å². The Labute approximate surface area is 225 Å². The second-order valence-electron chi connectivity index (χ2n) is 10.8. The van der Waals surface area contributed by atoms with Crippen LogP contribution in [-0.4, -0.2) is 30.8 Å². The van der Waals surface area contributed by atoms with Gasteiger partial charge in [-0.15, -0.1) is 0 Å². The maximum atomic E-state index is 13.0. The van der Waals surface area contributed by atoms with Crippen LogP contribution >= 0.6 is 0 Å². The Morgan fingerprint density at radius 2 is 1.85 bits per heavy atom. The van der Waals surface area contributed by atoms with E-state index in [1.54, 1.807) is 0 Å². The van der Waals surface area contributed by atoms with Gasteiger partial charge in [0.1, 0.15) is 0 Å². The molecule has 9 nitrogen and oxygen atoms in total. The van der Waals surface area contributed by atoms with Gasteiger partial charge in [-0.1, -0.05) is 18.2 Å². The van der Waals surface area contributed by atoms with Gasteiger partial charge in [-0.2, -0.15) is 13.2 Å². The number of hydrogen-bond donors (Lipinski definition) is 3. The number of hydrogen-bond acceptors (Lipinski definition) is 6. The van der Waals surface area contributed by atoms with E-state index in [0.717, 1.165) is 36.0 Å². The van der Waals surface area contributed by atoms with E-state index in [9.17, 15) is 36.5 Å². The molecule has 2 atom stereocenters. The van der Waals surface area contributed by atoms with Gasteiger partial charge in [0.05, 0.1) is 16.5 Å². The number of sulfonamides is 1. The Bertz CT molecular complexity index is 1340. The van der Waals surface area contributed by atoms with E-state index in [0.29, 0.717) is 18.7 Å². The number of halogens is 3. The summed E-state index contributed by atoms with van der Waals surface area (Å²) in [5.74, 6) is -0.427. The molecule has 0 saturated carbocycles. The molecule has 214 valence electrons. The number of nitro benzene ring substituents is 1. The maximum absolute atomic E-state index is 13.0. The second-order valence-corrected chi connectivity index (χ2v) is 12.5. The van der Waals surface area contributed by atoms with Crippen LogP contribution in [0.1, 0.15) is 75.3 Å². The molecule has 3 rings (SSSR count). The lowest BCUT2D eigenvalue weighted by atomic mass is 9.86. The van der Waals surface area contributed by atoms with Crippen LogP contribution in [0.25, 0.3) is 0 Å². The fourth-order valence-electron chi connectivity index (χ4n) is 4.46. The monoisotopic (exact) mass is 570 g/mol. The van der Waals surface area contributed by atoms with Crippen LogP contribution in [0.4, 0.5) is 18.9 Å². The summed E-state index contributed by atoms with van der Waals surface area (Å²) in [5.41, 5.74) is 0.708. The Balaban J connectivity index is 1.67. The number of aryl methyl sites for hydroxylation is 1. The summed E-state index contributed by atoms with van der Waals surface area (Å²) >= 11 is 0. The van der Waals surface area contributed by atoms with E-state index in [2.05, 4.69) is 42.2 Å². The van der Waals surface area contributed by atoms with Crippen molar-refractivity contribution in [1.82, 2.24) is 15.4 Å². The Morgan fingerprint density at radius 1 is 1.15 bits per heavy atom. The molecule has 3 N–H and O–H groups in total. The Hall–Kier alpha value is -3.03. The van der Waals surface area contributed by atoms with Crippen molar-refractivity contribution in [3.05, 3.63) is 68.8 Å². The first-order valence-electron chi connectivity index (χ1n) is 12.5. The zero-order valence-corrected chi connectivity index (χ0v) is 23.0. The molecule has 0 saturated heterocycles. The van der Waals surface area contributed by atoms with Crippen LogP contribution in [0.2, 0.25) is 0 Å². The highest BCUT2D eigenvalue weighted by Crippen LogP contribution is 2.35. The highest BCUT2D eigenvalue weighted by molar-refractivity contribution is 7.89. The number of benzene rings is 2. The third-order valence-corrected chi connectivity index (χ3v) is 7.94. The summed E-state index contributed by atoms with van der Waals surface area (Å²) in [6, 6.07) is 6.09. The van der Waals surface area contributed by atoms with Crippen molar-refractivity contribution in [2.45, 2.75) is 88.6 Å². The minimum atomic E-state index is -4.88. The van der Waals surface area contributed by atoms with Crippen LogP contribution in [0.3, 0.4) is 0 Å². The van der Waals surface area contributed by atoms with Crippen molar-refractivity contribution in [1.29, 1.82) is 0 Å². The number of nitrogens with zero attached hydrogens (tertiary/aromatic N) is 1. The third-order valence-electron chi connectivity index (χ3n) is 6.30. The molecular formula is C26H33F3N4O5S. The largest absolute Gasteiger partial charge is 0.416 e. The average molecular weight is 571 g/mol. The number of alkyl halides is 3. The molecule has 2 aromatic carbocycles. The minimum Gasteiger partial charge on any atom is -0.349 e. The SMILES string of the molecule is C[C@@H](CC(=O)N[C@@H]1CCCc2cc(CNC(C)(C)C)ccc21)NS(=O)(=O)c1ccc(C(F)(F)F)cc1[N+](=O)[O-]. The zero-order valence-electron chi connectivity index (χ0n) is 22.2. The standard InChI is InChI=1S/C26H33F3N4O5S/c1-16(32-39(37,38)23-11-9-19(26(27,28)29)14-22(23)33(35)36)12-24(34)31-21-7-5-6-18-13-17(8-10-20(18)21)15-30-25(2,3)4/h8-11,13-14,16,21,30,32H,5-7,12,15H2,1-4H3,(H,31,34)/t16-,21+/m0/s1. The van der Waals surface area contributed by atoms with Gasteiger partial charge in [-0.05, 0) is 75.8 Å². The second kappa shape index (κ2) is 11.6. The van der Waals surface area contributed by atoms with Crippen LogP contribution in [0.15, 0.2) is 41.3 Å². The quantitative estimate of drug-likeness (QED) is 0.295. The topological polar surface area (TPSA) is 130 Å². The van der Waals surface area contributed by atoms with Crippen molar-refractivity contribution in [3.8, 4) is 0 Å². The van der Waals surface area contributed by atoms with E-state index in [1.807, 2.05) is 12.1 Å². The summed E-state index contributed by atoms with van der Waals surface area (Å²) in [7, 11) is -4.59. The number of carbonyl (C=O) groups excluding carboxylic acids is 1. The maximum Gasteiger partial charge on any atom is 0.416 e. The first-order valence-corrected chi connectivity index (χ1v) is 14.0. The first-order chi connectivity index (χ1) is 18.0. The van der Waals surface area contributed by atoms with Gasteiger partial charge in [0, 0.05) is 30.6 Å². The fraction of sp³-hybridized carbons (Fsp3) is 0.500. The smallest absolute Gasteiger partial charge is 0.349 e. The van der Waals surface area contributed by atoms with Crippen LogP contribution in [0, 0.1) is 10.1 Å². The van der Waals surface area contributed by atoms with Gasteiger partial charge in [0.2, 0.25) is 15.9 Å². The van der Waals surface area contributed by atoms with E-state index in [1.165, 1.54) is 6.92 Å². The summed E-state index contributed by atoms with van der Waals surface area (Å²) in [4.78, 5) is 22.0. The summed E-state index contributed by atoms with van der Waals surface area (Å²) < 4.78 is 66.6. The number of fused-ring (bicyclic) bond motifs is 1. The van der Waals surface area contributed by atoms with E-state index in [4.69, 9.17) is 0 Å². The minimum absolute atomic E-state index is 0.0257. The number of rotatable bonds is 9. The van der Waals surface area contributed by atoms with Crippen molar-refractivity contribution < 1.29 is 31.3 Å². The normalized spacial score (nSPS) is 16.8. The summed E-state index contributed by atoms with van der Waals surface area (Å²) in [5, 5.41) is 17.7. The lowest BCUT2D eigenvalue weighted by Gasteiger charge is -2.28. The predicted molar refractivity (Wildman–Crippen MR) is 139 cm³/mol. The van der Waals surface area contributed by atoms with Gasteiger partial charge in [-0.3, -0.25) is 14.9 Å². The molecule has 0 unspecified atom stereocenters. The molecular weight excluding hydrogens is 537 g/mol. The Morgan fingerprint density at radius 3 is 2.46 bits per heavy atom. The first kappa shape index (κ1) is 30.5. The predicted octanol–water partition coefficient (Wildman–Crippen LogP) is 4.75. The lowest BCUT2D eigenvalue weighted by Crippen LogP contribution is -2.39. The zero-order chi connectivity index (χ0) is 29.2. The van der Waals surface area contributed by atoms with Gasteiger partial charge in [0.15, 0.2) is 4.90 Å². The molecule has 1 aliphatic rings. The van der Waals surface area contributed by atoms with Gasteiger partial charge in [-0.25, -0.2) is 13.1 Å². The third kappa shape index (κ3) is 8.23. The molecule has 39 heavy (non-hydrogen) atoms. The van der Waals surface area contributed by atoms with Crippen molar-refractivity contribution in [3.63, 3.8) is 0 Å².